The standard InChI is InChI=1S/C21H28N6O2/c1-4-6-16(26-19(22)13(2)3)15-11-25-20-18(15)17(8-9-24-20)27-10-5-7-14(27)12-29-21(23)28/h4,6,8-9,11,14H,5,7,10,12,22H2,1-3H3,(H2,23,28)(H,24,25)/b6-4-,26-16+/t14-/m0/s1. The zero-order valence-electron chi connectivity index (χ0n) is 17.1. The third kappa shape index (κ3) is 4.42. The molecule has 3 heterocycles. The number of allylic oxidation sites excluding steroid dienone is 3. The molecule has 2 aromatic heterocycles. The van der Waals surface area contributed by atoms with E-state index in [0.29, 0.717) is 5.82 Å². The monoisotopic (exact) mass is 396 g/mol. The number of nitrogens with one attached hydrogen (secondary N) is 1. The highest BCUT2D eigenvalue weighted by Gasteiger charge is 2.28. The van der Waals surface area contributed by atoms with Gasteiger partial charge in [-0.15, -0.1) is 0 Å². The number of H-pyrrole nitrogens is 1. The van der Waals surface area contributed by atoms with E-state index in [1.807, 2.05) is 45.2 Å². The van der Waals surface area contributed by atoms with Crippen molar-refractivity contribution in [2.24, 2.45) is 16.5 Å². The molecule has 3 rings (SSSR count). The molecule has 1 atom stereocenters. The number of carbonyl (C=O) groups excluding carboxylic acids is 1. The molecule has 154 valence electrons. The number of rotatable bonds is 6. The first-order valence-corrected chi connectivity index (χ1v) is 9.72. The number of aromatic amines is 1. The molecule has 29 heavy (non-hydrogen) atoms. The van der Waals surface area contributed by atoms with E-state index in [0.717, 1.165) is 53.0 Å². The molecule has 1 saturated heterocycles. The fourth-order valence-electron chi connectivity index (χ4n) is 3.57. The number of amides is 1. The van der Waals surface area contributed by atoms with Crippen LogP contribution in [0.25, 0.3) is 11.0 Å². The van der Waals surface area contributed by atoms with Crippen LogP contribution in [-0.2, 0) is 4.74 Å². The van der Waals surface area contributed by atoms with Crippen LogP contribution in [0.2, 0.25) is 0 Å². The molecule has 0 aliphatic carbocycles. The Labute approximate surface area is 170 Å². The largest absolute Gasteiger partial charge is 0.448 e. The topological polar surface area (TPSA) is 123 Å². The van der Waals surface area contributed by atoms with E-state index >= 15 is 0 Å². The van der Waals surface area contributed by atoms with Crippen molar-refractivity contribution in [2.75, 3.05) is 18.1 Å². The van der Waals surface area contributed by atoms with Crippen molar-refractivity contribution < 1.29 is 9.53 Å². The van der Waals surface area contributed by atoms with Crippen LogP contribution in [0.1, 0.15) is 39.2 Å². The molecule has 0 spiro atoms. The molecule has 8 heteroatoms. The number of pyridine rings is 1. The van der Waals surface area contributed by atoms with Gasteiger partial charge in [0.15, 0.2) is 0 Å². The summed E-state index contributed by atoms with van der Waals surface area (Å²) in [7, 11) is 0. The maximum Gasteiger partial charge on any atom is 0.404 e. The number of fused-ring (bicyclic) bond motifs is 1. The van der Waals surface area contributed by atoms with Gasteiger partial charge < -0.3 is 26.1 Å². The second-order valence-corrected chi connectivity index (χ2v) is 7.26. The first-order chi connectivity index (χ1) is 13.9. The molecular weight excluding hydrogens is 368 g/mol. The normalized spacial score (nSPS) is 17.3. The lowest BCUT2D eigenvalue weighted by molar-refractivity contribution is 0.149. The van der Waals surface area contributed by atoms with Crippen molar-refractivity contribution in [3.05, 3.63) is 47.6 Å². The molecule has 0 bridgehead atoms. The molecule has 1 aliphatic heterocycles. The van der Waals surface area contributed by atoms with Gasteiger partial charge in [-0.3, -0.25) is 0 Å². The van der Waals surface area contributed by atoms with Crippen molar-refractivity contribution >= 4 is 28.5 Å². The molecule has 0 unspecified atom stereocenters. The SMILES string of the molecule is C/C=C\C(=N/C(N)=C(C)C)c1c[nH]c2nccc(N3CCC[C@H]3COC(N)=O)c12. The second kappa shape index (κ2) is 8.81. The van der Waals surface area contributed by atoms with Crippen LogP contribution >= 0.6 is 0 Å². The lowest BCUT2D eigenvalue weighted by Crippen LogP contribution is -2.35. The summed E-state index contributed by atoms with van der Waals surface area (Å²) in [6.45, 7) is 6.94. The number of hydrogen-bond donors (Lipinski definition) is 3. The van der Waals surface area contributed by atoms with Gasteiger partial charge in [-0.05, 0) is 51.3 Å². The van der Waals surface area contributed by atoms with Gasteiger partial charge in [0.1, 0.15) is 18.1 Å². The molecule has 0 saturated carbocycles. The molecule has 1 fully saturated rings. The Bertz CT molecular complexity index is 984. The van der Waals surface area contributed by atoms with E-state index in [4.69, 9.17) is 16.2 Å². The van der Waals surface area contributed by atoms with E-state index in [-0.39, 0.29) is 12.6 Å². The average molecular weight is 396 g/mol. The lowest BCUT2D eigenvalue weighted by atomic mass is 10.1. The van der Waals surface area contributed by atoms with Gasteiger partial charge in [0.25, 0.3) is 0 Å². The van der Waals surface area contributed by atoms with Crippen LogP contribution in [0.4, 0.5) is 10.5 Å². The van der Waals surface area contributed by atoms with Crippen molar-refractivity contribution in [2.45, 2.75) is 39.7 Å². The minimum absolute atomic E-state index is 0.0702. The van der Waals surface area contributed by atoms with Crippen molar-refractivity contribution in [3.8, 4) is 0 Å². The van der Waals surface area contributed by atoms with Gasteiger partial charge in [0.05, 0.1) is 22.8 Å². The Morgan fingerprint density at radius 3 is 2.93 bits per heavy atom. The molecule has 0 aromatic carbocycles. The minimum Gasteiger partial charge on any atom is -0.448 e. The summed E-state index contributed by atoms with van der Waals surface area (Å²) in [6.07, 6.45) is 8.74. The number of aromatic nitrogens is 2. The summed E-state index contributed by atoms with van der Waals surface area (Å²) < 4.78 is 5.08. The fraction of sp³-hybridized carbons (Fsp3) is 0.381. The number of primary amides is 1. The predicted molar refractivity (Wildman–Crippen MR) is 116 cm³/mol. The summed E-state index contributed by atoms with van der Waals surface area (Å²) in [6, 6.07) is 2.06. The van der Waals surface area contributed by atoms with Crippen molar-refractivity contribution in [3.63, 3.8) is 0 Å². The third-order valence-electron chi connectivity index (χ3n) is 5.01. The second-order valence-electron chi connectivity index (χ2n) is 7.26. The fourth-order valence-corrected chi connectivity index (χ4v) is 3.57. The van der Waals surface area contributed by atoms with Crippen LogP contribution in [0, 0.1) is 0 Å². The van der Waals surface area contributed by atoms with Gasteiger partial charge in [-0.1, -0.05) is 6.08 Å². The highest BCUT2D eigenvalue weighted by atomic mass is 16.5. The number of nitrogens with two attached hydrogens (primary N) is 2. The molecule has 8 nitrogen and oxygen atoms in total. The summed E-state index contributed by atoms with van der Waals surface area (Å²) in [5.74, 6) is 0.492. The number of anilines is 1. The highest BCUT2D eigenvalue weighted by Crippen LogP contribution is 2.34. The predicted octanol–water partition coefficient (Wildman–Crippen LogP) is 3.20. The Balaban J connectivity index is 2.10. The summed E-state index contributed by atoms with van der Waals surface area (Å²) in [5, 5.41) is 0.969. The van der Waals surface area contributed by atoms with Crippen LogP contribution in [-0.4, -0.2) is 41.0 Å². The zero-order chi connectivity index (χ0) is 21.0. The Hall–Kier alpha value is -3.29. The van der Waals surface area contributed by atoms with Gasteiger partial charge in [-0.25, -0.2) is 14.8 Å². The van der Waals surface area contributed by atoms with E-state index < -0.39 is 6.09 Å². The Morgan fingerprint density at radius 2 is 2.24 bits per heavy atom. The number of hydrogen-bond acceptors (Lipinski definition) is 6. The minimum atomic E-state index is -0.751. The Morgan fingerprint density at radius 1 is 1.45 bits per heavy atom. The molecule has 5 N–H and O–H groups in total. The zero-order valence-corrected chi connectivity index (χ0v) is 17.1. The highest BCUT2D eigenvalue weighted by molar-refractivity contribution is 6.18. The maximum absolute atomic E-state index is 11.1. The summed E-state index contributed by atoms with van der Waals surface area (Å²) >= 11 is 0. The molecule has 0 radical (unpaired) electrons. The van der Waals surface area contributed by atoms with Crippen molar-refractivity contribution in [1.82, 2.24) is 9.97 Å². The number of aliphatic imine (C=N–C) groups is 1. The summed E-state index contributed by atoms with van der Waals surface area (Å²) in [4.78, 5) is 25.7. The quantitative estimate of drug-likeness (QED) is 0.647. The lowest BCUT2D eigenvalue weighted by Gasteiger charge is -2.27. The smallest absolute Gasteiger partial charge is 0.404 e. The van der Waals surface area contributed by atoms with E-state index in [1.165, 1.54) is 0 Å². The van der Waals surface area contributed by atoms with Crippen LogP contribution in [0.15, 0.2) is 47.0 Å². The van der Waals surface area contributed by atoms with E-state index in [1.54, 1.807) is 6.20 Å². The van der Waals surface area contributed by atoms with Crippen LogP contribution in [0.5, 0.6) is 0 Å². The van der Waals surface area contributed by atoms with Gasteiger partial charge >= 0.3 is 6.09 Å². The molecule has 1 aliphatic rings. The van der Waals surface area contributed by atoms with Crippen LogP contribution < -0.4 is 16.4 Å². The van der Waals surface area contributed by atoms with Gasteiger partial charge in [0, 0.05) is 24.5 Å². The Kier molecular flexibility index (Phi) is 6.21. The summed E-state index contributed by atoms with van der Waals surface area (Å²) in [5.41, 5.74) is 15.7. The maximum atomic E-state index is 11.1. The first-order valence-electron chi connectivity index (χ1n) is 9.72. The van der Waals surface area contributed by atoms with Gasteiger partial charge in [0.2, 0.25) is 0 Å². The molecule has 1 amide bonds. The van der Waals surface area contributed by atoms with Crippen molar-refractivity contribution in [1.29, 1.82) is 0 Å². The van der Waals surface area contributed by atoms with Crippen LogP contribution in [0.3, 0.4) is 0 Å². The average Bonchev–Trinajstić information content (AvgIpc) is 3.32. The van der Waals surface area contributed by atoms with E-state index in [9.17, 15) is 4.79 Å². The number of carbonyl (C=O) groups is 1. The molecule has 2 aromatic rings. The number of ether oxygens (including phenoxy) is 1. The van der Waals surface area contributed by atoms with E-state index in [2.05, 4.69) is 19.9 Å². The van der Waals surface area contributed by atoms with Gasteiger partial charge in [-0.2, -0.15) is 0 Å². The molecular formula is C21H28N6O2. The third-order valence-corrected chi connectivity index (χ3v) is 5.01. The first kappa shape index (κ1) is 20.4. The number of nitrogens with zero attached hydrogens (tertiary/aromatic N) is 3.